The van der Waals surface area contributed by atoms with Crippen molar-refractivity contribution in [2.24, 2.45) is 0 Å². The van der Waals surface area contributed by atoms with Crippen molar-refractivity contribution in [2.45, 2.75) is 38.2 Å². The smallest absolute Gasteiger partial charge is 0.229 e. The first kappa shape index (κ1) is 23.0. The SMILES string of the molecule is Cc1ccc(Cl)c2sc(N(C[C@H]3CCCO3)C(=O)CC(c3ccccc3)c3ccccc3)nc12. The molecule has 174 valence electrons. The molecule has 0 unspecified atom stereocenters. The van der Waals surface area contributed by atoms with Gasteiger partial charge in [-0.15, -0.1) is 0 Å². The molecule has 1 amide bonds. The zero-order valence-corrected chi connectivity index (χ0v) is 20.7. The van der Waals surface area contributed by atoms with Crippen molar-refractivity contribution in [3.05, 3.63) is 94.5 Å². The maximum absolute atomic E-state index is 13.9. The van der Waals surface area contributed by atoms with Crippen LogP contribution >= 0.6 is 22.9 Å². The van der Waals surface area contributed by atoms with Crippen LogP contribution in [0, 0.1) is 6.92 Å². The summed E-state index contributed by atoms with van der Waals surface area (Å²) in [6.45, 7) is 3.27. The number of anilines is 1. The fraction of sp³-hybridized carbons (Fsp3) is 0.286. The van der Waals surface area contributed by atoms with Crippen molar-refractivity contribution in [3.8, 4) is 0 Å². The molecule has 1 aliphatic rings. The van der Waals surface area contributed by atoms with Gasteiger partial charge in [0.15, 0.2) is 5.13 Å². The molecule has 1 atom stereocenters. The van der Waals surface area contributed by atoms with Gasteiger partial charge in [0.2, 0.25) is 5.91 Å². The van der Waals surface area contributed by atoms with E-state index in [1.807, 2.05) is 60.4 Å². The number of hydrogen-bond acceptors (Lipinski definition) is 4. The first-order valence-corrected chi connectivity index (χ1v) is 12.9. The number of amides is 1. The van der Waals surface area contributed by atoms with Gasteiger partial charge < -0.3 is 4.74 Å². The molecule has 1 fully saturated rings. The number of halogens is 1. The van der Waals surface area contributed by atoms with Gasteiger partial charge in [-0.1, -0.05) is 89.7 Å². The Morgan fingerprint density at radius 3 is 2.35 bits per heavy atom. The van der Waals surface area contributed by atoms with Crippen LogP contribution in [-0.2, 0) is 9.53 Å². The van der Waals surface area contributed by atoms with Gasteiger partial charge in [0.1, 0.15) is 0 Å². The van der Waals surface area contributed by atoms with Crippen LogP contribution < -0.4 is 4.90 Å². The van der Waals surface area contributed by atoms with Crippen molar-refractivity contribution in [2.75, 3.05) is 18.1 Å². The van der Waals surface area contributed by atoms with E-state index in [2.05, 4.69) is 24.3 Å². The number of ether oxygens (including phenoxy) is 1. The van der Waals surface area contributed by atoms with Gasteiger partial charge in [-0.2, -0.15) is 0 Å². The van der Waals surface area contributed by atoms with E-state index < -0.39 is 0 Å². The number of aromatic nitrogens is 1. The molecule has 0 bridgehead atoms. The summed E-state index contributed by atoms with van der Waals surface area (Å²) in [7, 11) is 0. The Morgan fingerprint density at radius 2 is 1.76 bits per heavy atom. The second-order valence-corrected chi connectivity index (χ2v) is 10.1. The molecule has 0 N–H and O–H groups in total. The number of fused-ring (bicyclic) bond motifs is 1. The Morgan fingerprint density at radius 1 is 1.09 bits per heavy atom. The third kappa shape index (κ3) is 4.88. The Hall–Kier alpha value is -2.73. The van der Waals surface area contributed by atoms with Gasteiger partial charge in [0.05, 0.1) is 27.9 Å². The number of hydrogen-bond donors (Lipinski definition) is 0. The predicted octanol–water partition coefficient (Wildman–Crippen LogP) is 6.99. The van der Waals surface area contributed by atoms with E-state index in [9.17, 15) is 4.79 Å². The molecule has 3 aromatic carbocycles. The molecule has 0 saturated carbocycles. The zero-order chi connectivity index (χ0) is 23.5. The maximum Gasteiger partial charge on any atom is 0.229 e. The van der Waals surface area contributed by atoms with Crippen molar-refractivity contribution in [1.82, 2.24) is 4.98 Å². The van der Waals surface area contributed by atoms with Gasteiger partial charge in [0.25, 0.3) is 0 Å². The summed E-state index contributed by atoms with van der Waals surface area (Å²) in [5, 5.41) is 1.35. The van der Waals surface area contributed by atoms with Crippen LogP contribution in [0.4, 0.5) is 5.13 Å². The summed E-state index contributed by atoms with van der Waals surface area (Å²) in [6.07, 6.45) is 2.35. The van der Waals surface area contributed by atoms with Crippen molar-refractivity contribution >= 4 is 44.2 Å². The molecule has 4 nitrogen and oxygen atoms in total. The minimum Gasteiger partial charge on any atom is -0.376 e. The highest BCUT2D eigenvalue weighted by Crippen LogP contribution is 2.37. The molecule has 1 aromatic heterocycles. The number of rotatable bonds is 7. The number of carbonyl (C=O) groups is 1. The topological polar surface area (TPSA) is 42.4 Å². The lowest BCUT2D eigenvalue weighted by atomic mass is 9.88. The molecule has 5 rings (SSSR count). The van der Waals surface area contributed by atoms with Gasteiger partial charge in [-0.25, -0.2) is 4.98 Å². The number of thiazole rings is 1. The van der Waals surface area contributed by atoms with Crippen molar-refractivity contribution < 1.29 is 9.53 Å². The first-order valence-electron chi connectivity index (χ1n) is 11.7. The van der Waals surface area contributed by atoms with Crippen LogP contribution in [-0.4, -0.2) is 30.1 Å². The third-order valence-corrected chi connectivity index (χ3v) is 7.95. The lowest BCUT2D eigenvalue weighted by molar-refractivity contribution is -0.119. The molecule has 6 heteroatoms. The average molecular weight is 491 g/mol. The van der Waals surface area contributed by atoms with Crippen molar-refractivity contribution in [3.63, 3.8) is 0 Å². The minimum absolute atomic E-state index is 0.0273. The largest absolute Gasteiger partial charge is 0.376 e. The van der Waals surface area contributed by atoms with Crippen LogP contribution in [0.2, 0.25) is 5.02 Å². The highest BCUT2D eigenvalue weighted by molar-refractivity contribution is 7.23. The summed E-state index contributed by atoms with van der Waals surface area (Å²) in [5.74, 6) is 0.00244. The molecule has 4 aromatic rings. The predicted molar refractivity (Wildman–Crippen MR) is 140 cm³/mol. The highest BCUT2D eigenvalue weighted by Gasteiger charge is 2.29. The monoisotopic (exact) mass is 490 g/mol. The molecular weight excluding hydrogens is 464 g/mol. The maximum atomic E-state index is 13.9. The third-order valence-electron chi connectivity index (χ3n) is 6.41. The van der Waals surface area contributed by atoms with Gasteiger partial charge in [-0.05, 0) is 42.5 Å². The first-order chi connectivity index (χ1) is 16.6. The van der Waals surface area contributed by atoms with E-state index in [1.54, 1.807) is 0 Å². The summed E-state index contributed by atoms with van der Waals surface area (Å²) < 4.78 is 6.83. The normalized spacial score (nSPS) is 15.8. The molecule has 0 spiro atoms. The molecule has 1 aliphatic heterocycles. The fourth-order valence-electron chi connectivity index (χ4n) is 4.57. The van der Waals surface area contributed by atoms with Crippen LogP contribution in [0.25, 0.3) is 10.2 Å². The van der Waals surface area contributed by atoms with Gasteiger partial charge >= 0.3 is 0 Å². The van der Waals surface area contributed by atoms with Crippen molar-refractivity contribution in [1.29, 1.82) is 0 Å². The van der Waals surface area contributed by atoms with Crippen LogP contribution in [0.5, 0.6) is 0 Å². The van der Waals surface area contributed by atoms with Gasteiger partial charge in [0, 0.05) is 18.9 Å². The number of benzene rings is 3. The van der Waals surface area contributed by atoms with E-state index in [0.29, 0.717) is 23.1 Å². The van der Waals surface area contributed by atoms with Crippen LogP contribution in [0.3, 0.4) is 0 Å². The lowest BCUT2D eigenvalue weighted by Gasteiger charge is -2.26. The van der Waals surface area contributed by atoms with E-state index in [0.717, 1.165) is 46.4 Å². The number of carbonyl (C=O) groups excluding carboxylic acids is 1. The molecule has 1 saturated heterocycles. The summed E-state index contributed by atoms with van der Waals surface area (Å²) in [5.41, 5.74) is 4.17. The van der Waals surface area contributed by atoms with Gasteiger partial charge in [-0.3, -0.25) is 9.69 Å². The second kappa shape index (κ2) is 10.3. The highest BCUT2D eigenvalue weighted by atomic mass is 35.5. The Bertz CT molecular complexity index is 1190. The Labute approximate surface area is 209 Å². The van der Waals surface area contributed by atoms with E-state index in [4.69, 9.17) is 21.3 Å². The van der Waals surface area contributed by atoms with E-state index in [1.165, 1.54) is 11.3 Å². The molecule has 2 heterocycles. The van der Waals surface area contributed by atoms with E-state index in [-0.39, 0.29) is 17.9 Å². The fourth-order valence-corrected chi connectivity index (χ4v) is 5.91. The summed E-state index contributed by atoms with van der Waals surface area (Å²) >= 11 is 7.97. The molecule has 34 heavy (non-hydrogen) atoms. The summed E-state index contributed by atoms with van der Waals surface area (Å²) in [4.78, 5) is 20.6. The molecule has 0 aliphatic carbocycles. The van der Waals surface area contributed by atoms with Crippen LogP contribution in [0.15, 0.2) is 72.8 Å². The summed E-state index contributed by atoms with van der Waals surface area (Å²) in [6, 6.07) is 24.4. The minimum atomic E-state index is -0.0402. The second-order valence-electron chi connectivity index (χ2n) is 8.76. The zero-order valence-electron chi connectivity index (χ0n) is 19.1. The standard InChI is InChI=1S/C28H27ClN2O2S/c1-19-14-15-24(29)27-26(19)30-28(34-27)31(18-22-13-8-16-33-22)25(32)17-23(20-9-4-2-5-10-20)21-11-6-3-7-12-21/h2-7,9-12,14-15,22-23H,8,13,16-18H2,1H3/t22-/m1/s1. The number of nitrogens with zero attached hydrogens (tertiary/aromatic N) is 2. The molecular formula is C28H27ClN2O2S. The number of aryl methyl sites for hydroxylation is 1. The Kier molecular flexibility index (Phi) is 6.95. The lowest BCUT2D eigenvalue weighted by Crippen LogP contribution is -2.38. The average Bonchev–Trinajstić information content (AvgIpc) is 3.55. The quantitative estimate of drug-likeness (QED) is 0.280. The van der Waals surface area contributed by atoms with E-state index >= 15 is 0 Å². The van der Waals surface area contributed by atoms with Crippen LogP contribution in [0.1, 0.15) is 41.9 Å². The Balaban J connectivity index is 1.51. The molecule has 0 radical (unpaired) electrons.